The number of hydrogen-bond donors (Lipinski definition) is 1. The molecule has 1 heterocycles. The van der Waals surface area contributed by atoms with Gasteiger partial charge in [0.05, 0.1) is 10.9 Å². The average Bonchev–Trinajstić information content (AvgIpc) is 2.92. The molecular weight excluding hydrogens is 316 g/mol. The Bertz CT molecular complexity index is 653. The lowest BCUT2D eigenvalue weighted by molar-refractivity contribution is 0.181. The summed E-state index contributed by atoms with van der Waals surface area (Å²) in [5, 5.41) is 0. The maximum Gasteiger partial charge on any atom is 0.111 e. The van der Waals surface area contributed by atoms with Gasteiger partial charge in [0, 0.05) is 33.2 Å². The number of aliphatic imine (C=N–C) groups is 1. The normalized spacial score (nSPS) is 20.8. The van der Waals surface area contributed by atoms with Gasteiger partial charge in [0.2, 0.25) is 0 Å². The molecule has 1 fully saturated rings. The molecule has 0 spiro atoms. The van der Waals surface area contributed by atoms with Gasteiger partial charge in [-0.25, -0.2) is 0 Å². The van der Waals surface area contributed by atoms with E-state index in [-0.39, 0.29) is 6.04 Å². The predicted octanol–water partition coefficient (Wildman–Crippen LogP) is 2.75. The zero-order chi connectivity index (χ0) is 18.2. The molecule has 0 aromatic carbocycles. The second kappa shape index (κ2) is 9.70. The van der Waals surface area contributed by atoms with Crippen molar-refractivity contribution < 1.29 is 0 Å². The maximum atomic E-state index is 5.94. The number of nitrogens with zero attached hydrogens (tertiary/aromatic N) is 3. The van der Waals surface area contributed by atoms with Crippen molar-refractivity contribution in [3.8, 4) is 0 Å². The summed E-state index contributed by atoms with van der Waals surface area (Å²) in [5.41, 5.74) is 9.26. The number of nitrogens with two attached hydrogens (primary N) is 1. The monoisotopic (exact) mass is 348 g/mol. The van der Waals surface area contributed by atoms with Gasteiger partial charge in [0.1, 0.15) is 5.84 Å². The molecule has 1 atom stereocenters. The molecule has 2 aliphatic rings. The highest BCUT2D eigenvalue weighted by Gasteiger charge is 2.25. The van der Waals surface area contributed by atoms with E-state index in [4.69, 9.17) is 5.73 Å². The third kappa shape index (κ3) is 4.99. The van der Waals surface area contributed by atoms with Gasteiger partial charge in [-0.3, -0.25) is 14.2 Å². The third-order valence-corrected chi connectivity index (χ3v) is 6.63. The van der Waals surface area contributed by atoms with Crippen LogP contribution in [0.4, 0.5) is 0 Å². The lowest BCUT2D eigenvalue weighted by Crippen LogP contribution is -2.52. The molecule has 5 heteroatoms. The first-order chi connectivity index (χ1) is 11.5. The van der Waals surface area contributed by atoms with Gasteiger partial charge in [-0.2, -0.15) is 0 Å². The first-order valence-electron chi connectivity index (χ1n) is 8.47. The lowest BCUT2D eigenvalue weighted by atomic mass is 10.2. The van der Waals surface area contributed by atoms with Gasteiger partial charge in [-0.1, -0.05) is 43.8 Å². The zero-order valence-corrected chi connectivity index (χ0v) is 16.4. The Morgan fingerprint density at radius 2 is 1.83 bits per heavy atom. The average molecular weight is 349 g/mol. The summed E-state index contributed by atoms with van der Waals surface area (Å²) in [6.45, 7) is 9.90. The van der Waals surface area contributed by atoms with Crippen LogP contribution in [0.5, 0.6) is 0 Å². The highest BCUT2D eigenvalue weighted by atomic mass is 32.2. The minimum absolute atomic E-state index is 0.187. The smallest absolute Gasteiger partial charge is 0.111 e. The number of amidine groups is 1. The van der Waals surface area contributed by atoms with E-state index in [1.165, 1.54) is 0 Å². The zero-order valence-electron chi connectivity index (χ0n) is 15.5. The van der Waals surface area contributed by atoms with E-state index in [1.54, 1.807) is 7.05 Å². The Labute approximate surface area is 148 Å². The summed E-state index contributed by atoms with van der Waals surface area (Å²) in [5.74, 6) is 9.52. The molecule has 0 radical (unpaired) electrons. The summed E-state index contributed by atoms with van der Waals surface area (Å²) < 4.78 is 2.39. The fraction of sp³-hybridized carbons (Fsp3) is 0.474. The number of allylic oxidation sites excluding steroid dienone is 4. The summed E-state index contributed by atoms with van der Waals surface area (Å²) in [4.78, 5) is 7.56. The minimum atomic E-state index is -1.49. The fourth-order valence-electron chi connectivity index (χ4n) is 2.63. The van der Waals surface area contributed by atoms with Crippen LogP contribution in [-0.4, -0.2) is 66.1 Å². The fourth-order valence-corrected chi connectivity index (χ4v) is 4.39. The Morgan fingerprint density at radius 3 is 2.42 bits per heavy atom. The SMILES string of the molecule is C=S(=C)(C1=C=CC=CC=C1)N1CCN(C(C)C(N)=NC)CC1.CC. The topological polar surface area (TPSA) is 44.9 Å². The van der Waals surface area contributed by atoms with E-state index in [0.29, 0.717) is 5.84 Å². The Morgan fingerprint density at radius 1 is 1.21 bits per heavy atom. The first kappa shape index (κ1) is 20.5. The number of piperazine rings is 1. The van der Waals surface area contributed by atoms with E-state index < -0.39 is 9.39 Å². The molecule has 2 rings (SSSR count). The van der Waals surface area contributed by atoms with Crippen LogP contribution in [0.2, 0.25) is 0 Å². The van der Waals surface area contributed by atoms with Crippen LogP contribution >= 0.6 is 9.39 Å². The summed E-state index contributed by atoms with van der Waals surface area (Å²) >= 11 is 0. The lowest BCUT2D eigenvalue weighted by Gasteiger charge is -2.41. The van der Waals surface area contributed by atoms with E-state index >= 15 is 0 Å². The number of hydrogen-bond acceptors (Lipinski definition) is 3. The third-order valence-electron chi connectivity index (χ3n) is 4.20. The second-order valence-electron chi connectivity index (χ2n) is 5.55. The van der Waals surface area contributed by atoms with Gasteiger partial charge in [0.25, 0.3) is 0 Å². The molecule has 0 saturated carbocycles. The molecule has 24 heavy (non-hydrogen) atoms. The van der Waals surface area contributed by atoms with Gasteiger partial charge < -0.3 is 5.73 Å². The molecule has 0 bridgehead atoms. The summed E-state index contributed by atoms with van der Waals surface area (Å²) in [6.07, 6.45) is 10.0. The van der Waals surface area contributed by atoms with Crippen LogP contribution in [0.15, 0.2) is 46.0 Å². The number of rotatable bonds is 4. The van der Waals surface area contributed by atoms with Crippen LogP contribution in [0.25, 0.3) is 0 Å². The quantitative estimate of drug-likeness (QED) is 0.368. The molecule has 0 aromatic rings. The molecule has 1 unspecified atom stereocenters. The van der Waals surface area contributed by atoms with Gasteiger partial charge >= 0.3 is 0 Å². The first-order valence-corrected chi connectivity index (χ1v) is 10.4. The Hall–Kier alpha value is -1.52. The van der Waals surface area contributed by atoms with Crippen molar-refractivity contribution >= 4 is 27.0 Å². The van der Waals surface area contributed by atoms with Crippen molar-refractivity contribution in [3.63, 3.8) is 0 Å². The van der Waals surface area contributed by atoms with Crippen molar-refractivity contribution in [3.05, 3.63) is 41.0 Å². The summed E-state index contributed by atoms with van der Waals surface area (Å²) in [7, 11) is 0.254. The van der Waals surface area contributed by atoms with Crippen LogP contribution in [0.1, 0.15) is 20.8 Å². The largest absolute Gasteiger partial charge is 0.386 e. The van der Waals surface area contributed by atoms with E-state index in [0.717, 1.165) is 31.1 Å². The van der Waals surface area contributed by atoms with E-state index in [2.05, 4.69) is 44.7 Å². The van der Waals surface area contributed by atoms with Crippen LogP contribution in [0.3, 0.4) is 0 Å². The second-order valence-corrected chi connectivity index (χ2v) is 8.19. The highest BCUT2D eigenvalue weighted by molar-refractivity contribution is 8.29. The van der Waals surface area contributed by atoms with Crippen LogP contribution in [0, 0.1) is 0 Å². The molecule has 2 N–H and O–H groups in total. The standard InChI is InChI=1S/C17H26N4S.C2H6/c1-15(17(18)19-2)20-11-13-21(14-12-20)22(3,4)16-9-7-5-6-8-10-16;1-2/h5-9,15H,3-4,11-14H2,1-2H3,(H2,18,19);1-2H3. The molecule has 1 saturated heterocycles. The van der Waals surface area contributed by atoms with Crippen molar-refractivity contribution in [1.29, 1.82) is 0 Å². The molecule has 1 aliphatic heterocycles. The van der Waals surface area contributed by atoms with E-state index in [1.807, 2.05) is 38.2 Å². The Balaban J connectivity index is 0.00000139. The highest BCUT2D eigenvalue weighted by Crippen LogP contribution is 2.36. The summed E-state index contributed by atoms with van der Waals surface area (Å²) in [6, 6.07) is 0.187. The van der Waals surface area contributed by atoms with Crippen molar-refractivity contribution in [2.24, 2.45) is 10.7 Å². The molecule has 0 amide bonds. The van der Waals surface area contributed by atoms with Crippen LogP contribution < -0.4 is 5.73 Å². The molecule has 134 valence electrons. The van der Waals surface area contributed by atoms with Gasteiger partial charge in [-0.15, -0.1) is 15.1 Å². The Kier molecular flexibility index (Phi) is 8.29. The molecule has 0 aromatic heterocycles. The molecule has 1 aliphatic carbocycles. The molecular formula is C19H32N4S. The van der Waals surface area contributed by atoms with Crippen molar-refractivity contribution in [1.82, 2.24) is 9.21 Å². The van der Waals surface area contributed by atoms with Gasteiger partial charge in [-0.05, 0) is 19.1 Å². The van der Waals surface area contributed by atoms with Crippen molar-refractivity contribution in [2.45, 2.75) is 26.8 Å². The van der Waals surface area contributed by atoms with Crippen LogP contribution in [-0.2, 0) is 0 Å². The maximum absolute atomic E-state index is 5.94. The van der Waals surface area contributed by atoms with Crippen molar-refractivity contribution in [2.75, 3.05) is 33.2 Å². The predicted molar refractivity (Wildman–Crippen MR) is 113 cm³/mol. The van der Waals surface area contributed by atoms with E-state index in [9.17, 15) is 0 Å². The van der Waals surface area contributed by atoms with Gasteiger partial charge in [0.15, 0.2) is 0 Å². The molecule has 4 nitrogen and oxygen atoms in total. The minimum Gasteiger partial charge on any atom is -0.386 e.